The van der Waals surface area contributed by atoms with E-state index in [0.29, 0.717) is 30.3 Å². The summed E-state index contributed by atoms with van der Waals surface area (Å²) in [6.07, 6.45) is -0.812. The van der Waals surface area contributed by atoms with Crippen molar-refractivity contribution in [2.24, 2.45) is 17.8 Å². The van der Waals surface area contributed by atoms with Crippen LogP contribution >= 0.6 is 0 Å². The third-order valence-electron chi connectivity index (χ3n) is 4.33. The van der Waals surface area contributed by atoms with Crippen molar-refractivity contribution in [1.29, 1.82) is 0 Å². The number of hydrogen-bond acceptors (Lipinski definition) is 2. The highest BCUT2D eigenvalue weighted by molar-refractivity contribution is 4.86. The van der Waals surface area contributed by atoms with Crippen LogP contribution in [0.15, 0.2) is 0 Å². The topological polar surface area (TPSA) is 15.3 Å². The van der Waals surface area contributed by atoms with E-state index in [1.54, 1.807) is 7.05 Å². The normalized spacial score (nSPS) is 29.2. The van der Waals surface area contributed by atoms with Crippen LogP contribution in [0, 0.1) is 17.8 Å². The fraction of sp³-hybridized carbons (Fsp3) is 1.00. The maximum absolute atomic E-state index is 12.4. The zero-order valence-corrected chi connectivity index (χ0v) is 12.4. The van der Waals surface area contributed by atoms with Crippen LogP contribution in [0.5, 0.6) is 0 Å². The van der Waals surface area contributed by atoms with Crippen LogP contribution < -0.4 is 5.32 Å². The summed E-state index contributed by atoms with van der Waals surface area (Å²) in [4.78, 5) is 1.41. The molecule has 3 atom stereocenters. The molecule has 0 heterocycles. The Kier molecular flexibility index (Phi) is 6.12. The molecule has 1 aliphatic rings. The highest BCUT2D eigenvalue weighted by Crippen LogP contribution is 2.34. The quantitative estimate of drug-likeness (QED) is 0.832. The van der Waals surface area contributed by atoms with Crippen molar-refractivity contribution in [2.75, 3.05) is 27.2 Å². The minimum Gasteiger partial charge on any atom is -0.317 e. The van der Waals surface area contributed by atoms with E-state index >= 15 is 0 Å². The number of nitrogens with zero attached hydrogens (tertiary/aromatic N) is 1. The fourth-order valence-electron chi connectivity index (χ4n) is 3.26. The largest absolute Gasteiger partial charge is 0.401 e. The van der Waals surface area contributed by atoms with Crippen molar-refractivity contribution >= 4 is 0 Å². The Balaban J connectivity index is 2.55. The minimum absolute atomic E-state index is 0.318. The van der Waals surface area contributed by atoms with Crippen molar-refractivity contribution in [3.05, 3.63) is 0 Å². The first-order chi connectivity index (χ1) is 8.73. The molecule has 1 saturated carbocycles. The number of halogens is 3. The lowest BCUT2D eigenvalue weighted by Crippen LogP contribution is -2.46. The molecule has 1 rings (SSSR count). The summed E-state index contributed by atoms with van der Waals surface area (Å²) >= 11 is 0. The molecule has 2 nitrogen and oxygen atoms in total. The van der Waals surface area contributed by atoms with Crippen molar-refractivity contribution in [2.45, 2.75) is 45.3 Å². The Morgan fingerprint density at radius 1 is 1.26 bits per heavy atom. The van der Waals surface area contributed by atoms with Crippen molar-refractivity contribution in [3.63, 3.8) is 0 Å². The van der Waals surface area contributed by atoms with Crippen molar-refractivity contribution < 1.29 is 13.2 Å². The van der Waals surface area contributed by atoms with E-state index in [9.17, 15) is 13.2 Å². The number of hydrogen-bond donors (Lipinski definition) is 1. The summed E-state index contributed by atoms with van der Waals surface area (Å²) in [5, 5.41) is 3.27. The summed E-state index contributed by atoms with van der Waals surface area (Å²) < 4.78 is 37.2. The van der Waals surface area contributed by atoms with Gasteiger partial charge in [-0.25, -0.2) is 0 Å². The molecular formula is C14H27F3N2. The second kappa shape index (κ2) is 6.93. The van der Waals surface area contributed by atoms with Gasteiger partial charge in [0.1, 0.15) is 0 Å². The molecule has 0 aromatic rings. The highest BCUT2D eigenvalue weighted by Gasteiger charge is 2.34. The number of nitrogens with one attached hydrogen (secondary N) is 1. The summed E-state index contributed by atoms with van der Waals surface area (Å²) in [6.45, 7) is 4.13. The van der Waals surface area contributed by atoms with E-state index in [1.807, 2.05) is 7.05 Å². The Morgan fingerprint density at radius 3 is 2.37 bits per heavy atom. The van der Waals surface area contributed by atoms with Crippen LogP contribution in [0.4, 0.5) is 13.2 Å². The molecular weight excluding hydrogens is 253 g/mol. The van der Waals surface area contributed by atoms with Gasteiger partial charge in [-0.3, -0.25) is 4.90 Å². The van der Waals surface area contributed by atoms with E-state index < -0.39 is 12.7 Å². The molecule has 0 amide bonds. The lowest BCUT2D eigenvalue weighted by Gasteiger charge is -2.39. The second-order valence-electron chi connectivity index (χ2n) is 6.28. The van der Waals surface area contributed by atoms with E-state index in [0.717, 1.165) is 12.8 Å². The van der Waals surface area contributed by atoms with E-state index in [4.69, 9.17) is 0 Å². The van der Waals surface area contributed by atoms with Gasteiger partial charge >= 0.3 is 6.18 Å². The van der Waals surface area contributed by atoms with Crippen LogP contribution in [0.3, 0.4) is 0 Å². The van der Waals surface area contributed by atoms with Gasteiger partial charge in [0, 0.05) is 12.6 Å². The minimum atomic E-state index is -4.10. The molecule has 1 N–H and O–H groups in total. The second-order valence-corrected chi connectivity index (χ2v) is 6.28. The van der Waals surface area contributed by atoms with Crippen LogP contribution in [-0.4, -0.2) is 44.3 Å². The third kappa shape index (κ3) is 5.69. The van der Waals surface area contributed by atoms with Gasteiger partial charge in [0.15, 0.2) is 0 Å². The number of rotatable bonds is 5. The predicted molar refractivity (Wildman–Crippen MR) is 72.1 cm³/mol. The van der Waals surface area contributed by atoms with Gasteiger partial charge in [0.2, 0.25) is 0 Å². The maximum Gasteiger partial charge on any atom is 0.401 e. The van der Waals surface area contributed by atoms with Gasteiger partial charge in [0.05, 0.1) is 6.54 Å². The monoisotopic (exact) mass is 280 g/mol. The molecule has 1 fully saturated rings. The van der Waals surface area contributed by atoms with Gasteiger partial charge in [-0.15, -0.1) is 0 Å². The molecule has 0 aromatic heterocycles. The van der Waals surface area contributed by atoms with Crippen molar-refractivity contribution in [1.82, 2.24) is 10.2 Å². The van der Waals surface area contributed by atoms with Gasteiger partial charge < -0.3 is 5.32 Å². The molecule has 0 aliphatic heterocycles. The van der Waals surface area contributed by atoms with Crippen LogP contribution in [0.1, 0.15) is 33.1 Å². The number of alkyl halides is 3. The van der Waals surface area contributed by atoms with Gasteiger partial charge in [0.25, 0.3) is 0 Å². The Morgan fingerprint density at radius 2 is 1.89 bits per heavy atom. The van der Waals surface area contributed by atoms with Crippen LogP contribution in [0.2, 0.25) is 0 Å². The first-order valence-electron chi connectivity index (χ1n) is 7.15. The zero-order chi connectivity index (χ0) is 14.6. The fourth-order valence-corrected chi connectivity index (χ4v) is 3.26. The molecule has 114 valence electrons. The maximum atomic E-state index is 12.4. The molecule has 1 aliphatic carbocycles. The predicted octanol–water partition coefficient (Wildman–Crippen LogP) is 3.14. The Labute approximate surface area is 114 Å². The standard InChI is InChI=1S/C14H27F3N2/c1-10(2)11-5-6-13(18-3)12(7-11)8-19(4)9-14(15,16)17/h10-13,18H,5-9H2,1-4H3. The molecule has 0 saturated heterocycles. The van der Waals surface area contributed by atoms with Gasteiger partial charge in [-0.1, -0.05) is 13.8 Å². The van der Waals surface area contributed by atoms with E-state index in [2.05, 4.69) is 19.2 Å². The molecule has 0 bridgehead atoms. The van der Waals surface area contributed by atoms with Crippen molar-refractivity contribution in [3.8, 4) is 0 Å². The summed E-state index contributed by atoms with van der Waals surface area (Å²) in [5.41, 5.74) is 0. The van der Waals surface area contributed by atoms with E-state index in [1.165, 1.54) is 11.3 Å². The Bertz CT molecular complexity index is 266. The van der Waals surface area contributed by atoms with Crippen LogP contribution in [-0.2, 0) is 0 Å². The first-order valence-corrected chi connectivity index (χ1v) is 7.15. The molecule has 0 spiro atoms. The summed E-state index contributed by atoms with van der Waals surface area (Å²) in [5.74, 6) is 1.58. The third-order valence-corrected chi connectivity index (χ3v) is 4.33. The van der Waals surface area contributed by atoms with Gasteiger partial charge in [-0.05, 0) is 51.1 Å². The Hall–Kier alpha value is -0.290. The molecule has 0 radical (unpaired) electrons. The average Bonchev–Trinajstić information content (AvgIpc) is 2.26. The van der Waals surface area contributed by atoms with Gasteiger partial charge in [-0.2, -0.15) is 13.2 Å². The summed E-state index contributed by atoms with van der Waals surface area (Å²) in [7, 11) is 3.48. The lowest BCUT2D eigenvalue weighted by molar-refractivity contribution is -0.144. The lowest BCUT2D eigenvalue weighted by atomic mass is 9.73. The first kappa shape index (κ1) is 16.8. The zero-order valence-electron chi connectivity index (χ0n) is 12.4. The SMILES string of the molecule is CNC1CCC(C(C)C)CC1CN(C)CC(F)(F)F. The smallest absolute Gasteiger partial charge is 0.317 e. The molecule has 0 aromatic carbocycles. The average molecular weight is 280 g/mol. The molecule has 19 heavy (non-hydrogen) atoms. The molecule has 3 unspecified atom stereocenters. The molecule has 5 heteroatoms. The highest BCUT2D eigenvalue weighted by atomic mass is 19.4. The van der Waals surface area contributed by atoms with E-state index in [-0.39, 0.29) is 0 Å². The summed E-state index contributed by atoms with van der Waals surface area (Å²) in [6, 6.07) is 0.352. The van der Waals surface area contributed by atoms with Crippen LogP contribution in [0.25, 0.3) is 0 Å².